The lowest BCUT2D eigenvalue weighted by Gasteiger charge is -2.27. The molecule has 0 unspecified atom stereocenters. The number of ether oxygens (including phenoxy) is 2. The fourth-order valence-corrected chi connectivity index (χ4v) is 1.83. The van der Waals surface area contributed by atoms with Gasteiger partial charge in [-0.2, -0.15) is 0 Å². The van der Waals surface area contributed by atoms with Gasteiger partial charge in [0, 0.05) is 13.5 Å². The first-order valence-electron chi connectivity index (χ1n) is 5.48. The number of carbonyl (C=O) groups excluding carboxylic acids is 1. The summed E-state index contributed by atoms with van der Waals surface area (Å²) in [5.41, 5.74) is 0. The van der Waals surface area contributed by atoms with Gasteiger partial charge in [-0.05, 0) is 32.1 Å². The fourth-order valence-electron chi connectivity index (χ4n) is 1.83. The molecule has 0 aromatic rings. The molecule has 0 spiro atoms. The quantitative estimate of drug-likeness (QED) is 0.653. The maximum atomic E-state index is 11.2. The highest BCUT2D eigenvalue weighted by Gasteiger charge is 2.23. The third-order valence-corrected chi connectivity index (χ3v) is 2.71. The van der Waals surface area contributed by atoms with E-state index in [9.17, 15) is 4.79 Å². The van der Waals surface area contributed by atoms with Gasteiger partial charge in [-0.25, -0.2) is 0 Å². The lowest BCUT2D eigenvalue weighted by molar-refractivity contribution is -0.151. The molecule has 0 amide bonds. The minimum atomic E-state index is -0.0478. The van der Waals surface area contributed by atoms with Gasteiger partial charge in [0.25, 0.3) is 0 Å². The van der Waals surface area contributed by atoms with Gasteiger partial charge < -0.3 is 9.47 Å². The first kappa shape index (κ1) is 11.5. The minimum Gasteiger partial charge on any atom is -0.462 e. The average Bonchev–Trinajstić information content (AvgIpc) is 2.19. The second kappa shape index (κ2) is 6.02. The summed E-state index contributed by atoms with van der Waals surface area (Å²) in [6.45, 7) is 1.99. The largest absolute Gasteiger partial charge is 0.462 e. The number of hydrogen-bond donors (Lipinski definition) is 0. The minimum absolute atomic E-state index is 0.0478. The molecule has 3 nitrogen and oxygen atoms in total. The Morgan fingerprint density at radius 3 is 2.29 bits per heavy atom. The summed E-state index contributed by atoms with van der Waals surface area (Å²) < 4.78 is 10.6. The van der Waals surface area contributed by atoms with E-state index in [1.165, 1.54) is 0 Å². The van der Waals surface area contributed by atoms with Crippen LogP contribution in [0.2, 0.25) is 0 Å². The van der Waals surface area contributed by atoms with Gasteiger partial charge in [-0.1, -0.05) is 6.92 Å². The zero-order valence-corrected chi connectivity index (χ0v) is 9.12. The maximum absolute atomic E-state index is 11.2. The standard InChI is InChI=1S/C11H20O3/c1-3-4-11(12)14-10-7-5-9(13-2)6-8-10/h9-10H,3-8H2,1-2H3. The van der Waals surface area contributed by atoms with Crippen molar-refractivity contribution in [2.45, 2.75) is 57.7 Å². The van der Waals surface area contributed by atoms with Crippen LogP contribution in [0.1, 0.15) is 45.4 Å². The maximum Gasteiger partial charge on any atom is 0.306 e. The summed E-state index contributed by atoms with van der Waals surface area (Å²) >= 11 is 0. The van der Waals surface area contributed by atoms with Crippen LogP contribution >= 0.6 is 0 Å². The van der Waals surface area contributed by atoms with Crippen LogP contribution in [0.15, 0.2) is 0 Å². The zero-order valence-electron chi connectivity index (χ0n) is 9.12. The number of hydrogen-bond acceptors (Lipinski definition) is 3. The summed E-state index contributed by atoms with van der Waals surface area (Å²) in [6, 6.07) is 0. The van der Waals surface area contributed by atoms with Crippen molar-refractivity contribution >= 4 is 5.97 Å². The highest BCUT2D eigenvalue weighted by molar-refractivity contribution is 5.69. The van der Waals surface area contributed by atoms with Crippen molar-refractivity contribution in [3.8, 4) is 0 Å². The van der Waals surface area contributed by atoms with E-state index >= 15 is 0 Å². The van der Waals surface area contributed by atoms with E-state index in [-0.39, 0.29) is 12.1 Å². The average molecular weight is 200 g/mol. The molecular weight excluding hydrogens is 180 g/mol. The van der Waals surface area contributed by atoms with Crippen LogP contribution in [0.5, 0.6) is 0 Å². The molecule has 3 heteroatoms. The monoisotopic (exact) mass is 200 g/mol. The summed E-state index contributed by atoms with van der Waals surface area (Å²) in [5.74, 6) is -0.0478. The summed E-state index contributed by atoms with van der Waals surface area (Å²) in [7, 11) is 1.74. The Morgan fingerprint density at radius 2 is 1.79 bits per heavy atom. The molecule has 1 rings (SSSR count). The Kier molecular flexibility index (Phi) is 4.94. The molecule has 0 aromatic heterocycles. The van der Waals surface area contributed by atoms with E-state index in [4.69, 9.17) is 9.47 Å². The molecule has 1 aliphatic carbocycles. The smallest absolute Gasteiger partial charge is 0.306 e. The van der Waals surface area contributed by atoms with Crippen LogP contribution < -0.4 is 0 Å². The van der Waals surface area contributed by atoms with E-state index in [0.717, 1.165) is 32.1 Å². The number of methoxy groups -OCH3 is 1. The Bertz CT molecular complexity index is 171. The van der Waals surface area contributed by atoms with Crippen molar-refractivity contribution in [3.63, 3.8) is 0 Å². The van der Waals surface area contributed by atoms with Crippen molar-refractivity contribution in [2.75, 3.05) is 7.11 Å². The van der Waals surface area contributed by atoms with Crippen molar-refractivity contribution in [1.29, 1.82) is 0 Å². The van der Waals surface area contributed by atoms with Crippen molar-refractivity contribution in [1.82, 2.24) is 0 Å². The van der Waals surface area contributed by atoms with Crippen LogP contribution in [-0.4, -0.2) is 25.3 Å². The predicted molar refractivity (Wildman–Crippen MR) is 54.1 cm³/mol. The molecule has 0 aliphatic heterocycles. The highest BCUT2D eigenvalue weighted by atomic mass is 16.5. The van der Waals surface area contributed by atoms with Crippen molar-refractivity contribution in [3.05, 3.63) is 0 Å². The lowest BCUT2D eigenvalue weighted by Crippen LogP contribution is -2.27. The van der Waals surface area contributed by atoms with Gasteiger partial charge >= 0.3 is 5.97 Å². The molecule has 0 N–H and O–H groups in total. The SMILES string of the molecule is CCCC(=O)OC1CCC(OC)CC1. The molecule has 14 heavy (non-hydrogen) atoms. The highest BCUT2D eigenvalue weighted by Crippen LogP contribution is 2.23. The zero-order chi connectivity index (χ0) is 10.4. The molecule has 0 heterocycles. The Labute approximate surface area is 85.8 Å². The fraction of sp³-hybridized carbons (Fsp3) is 0.909. The van der Waals surface area contributed by atoms with Gasteiger partial charge in [0.2, 0.25) is 0 Å². The van der Waals surface area contributed by atoms with E-state index in [2.05, 4.69) is 0 Å². The topological polar surface area (TPSA) is 35.5 Å². The number of carbonyl (C=O) groups is 1. The first-order valence-corrected chi connectivity index (χ1v) is 5.48. The second-order valence-corrected chi connectivity index (χ2v) is 3.87. The molecule has 82 valence electrons. The number of rotatable bonds is 4. The second-order valence-electron chi connectivity index (χ2n) is 3.87. The summed E-state index contributed by atoms with van der Waals surface area (Å²) in [5, 5.41) is 0. The molecule has 0 saturated heterocycles. The van der Waals surface area contributed by atoms with Crippen LogP contribution in [-0.2, 0) is 14.3 Å². The molecular formula is C11H20O3. The normalized spacial score (nSPS) is 27.3. The summed E-state index contributed by atoms with van der Waals surface area (Å²) in [6.07, 6.45) is 5.86. The third-order valence-electron chi connectivity index (χ3n) is 2.71. The molecule has 0 bridgehead atoms. The molecule has 0 radical (unpaired) electrons. The van der Waals surface area contributed by atoms with Crippen LogP contribution in [0.25, 0.3) is 0 Å². The molecule has 1 aliphatic rings. The van der Waals surface area contributed by atoms with E-state index in [0.29, 0.717) is 12.5 Å². The van der Waals surface area contributed by atoms with Gasteiger partial charge in [-0.3, -0.25) is 4.79 Å². The molecule has 1 fully saturated rings. The number of esters is 1. The van der Waals surface area contributed by atoms with Gasteiger partial charge in [-0.15, -0.1) is 0 Å². The van der Waals surface area contributed by atoms with Crippen LogP contribution in [0, 0.1) is 0 Å². The van der Waals surface area contributed by atoms with E-state index < -0.39 is 0 Å². The van der Waals surface area contributed by atoms with Gasteiger partial charge in [0.15, 0.2) is 0 Å². The lowest BCUT2D eigenvalue weighted by atomic mass is 9.95. The van der Waals surface area contributed by atoms with E-state index in [1.807, 2.05) is 6.92 Å². The third kappa shape index (κ3) is 3.66. The predicted octanol–water partition coefficient (Wildman–Crippen LogP) is 2.29. The Hall–Kier alpha value is -0.570. The molecule has 0 atom stereocenters. The van der Waals surface area contributed by atoms with Crippen molar-refractivity contribution < 1.29 is 14.3 Å². The summed E-state index contributed by atoms with van der Waals surface area (Å²) in [4.78, 5) is 11.2. The van der Waals surface area contributed by atoms with Crippen LogP contribution in [0.4, 0.5) is 0 Å². The molecule has 1 saturated carbocycles. The van der Waals surface area contributed by atoms with Crippen LogP contribution in [0.3, 0.4) is 0 Å². The van der Waals surface area contributed by atoms with E-state index in [1.54, 1.807) is 7.11 Å². The van der Waals surface area contributed by atoms with Gasteiger partial charge in [0.05, 0.1) is 6.10 Å². The Balaban J connectivity index is 2.18. The molecule has 0 aromatic carbocycles. The van der Waals surface area contributed by atoms with Gasteiger partial charge in [0.1, 0.15) is 6.10 Å². The van der Waals surface area contributed by atoms with Crippen molar-refractivity contribution in [2.24, 2.45) is 0 Å². The first-order chi connectivity index (χ1) is 6.76. The Morgan fingerprint density at radius 1 is 1.21 bits per heavy atom.